The zero-order valence-corrected chi connectivity index (χ0v) is 11.7. The summed E-state index contributed by atoms with van der Waals surface area (Å²) in [5.41, 5.74) is 2.24. The molecule has 0 N–H and O–H groups in total. The van der Waals surface area contributed by atoms with Crippen molar-refractivity contribution in [3.63, 3.8) is 0 Å². The first-order valence-corrected chi connectivity index (χ1v) is 7.94. The first-order valence-electron chi connectivity index (χ1n) is 5.89. The number of fused-ring (bicyclic) bond motifs is 1. The zero-order chi connectivity index (χ0) is 12.5. The van der Waals surface area contributed by atoms with Gasteiger partial charge in [0.1, 0.15) is 0 Å². The molecule has 3 rings (SSSR count). The third kappa shape index (κ3) is 2.10. The Bertz CT molecular complexity index is 577. The molecule has 2 nitrogen and oxygen atoms in total. The van der Waals surface area contributed by atoms with Crippen LogP contribution in [0.2, 0.25) is 0 Å². The molecule has 2 aromatic rings. The van der Waals surface area contributed by atoms with Gasteiger partial charge in [0.25, 0.3) is 0 Å². The number of thiazole rings is 1. The molecular formula is C14H13NOS2. The van der Waals surface area contributed by atoms with Gasteiger partial charge >= 0.3 is 0 Å². The van der Waals surface area contributed by atoms with Gasteiger partial charge < -0.3 is 0 Å². The average Bonchev–Trinajstić information content (AvgIpc) is 2.83. The number of aromatic nitrogens is 1. The van der Waals surface area contributed by atoms with Crippen LogP contribution in [0.15, 0.2) is 34.7 Å². The molecule has 0 aliphatic heterocycles. The van der Waals surface area contributed by atoms with Crippen molar-refractivity contribution >= 4 is 28.9 Å². The Morgan fingerprint density at radius 2 is 2.06 bits per heavy atom. The molecule has 0 spiro atoms. The van der Waals surface area contributed by atoms with Crippen LogP contribution in [0.5, 0.6) is 0 Å². The Kier molecular flexibility index (Phi) is 3.22. The number of hydrogen-bond donors (Lipinski definition) is 0. The quantitative estimate of drug-likeness (QED) is 0.781. The number of nitrogens with zero attached hydrogens (tertiary/aromatic N) is 1. The van der Waals surface area contributed by atoms with Gasteiger partial charge in [-0.3, -0.25) is 4.79 Å². The van der Waals surface area contributed by atoms with E-state index in [1.807, 2.05) is 24.5 Å². The van der Waals surface area contributed by atoms with Crippen LogP contribution in [-0.4, -0.2) is 17.0 Å². The average molecular weight is 275 g/mol. The number of ketones is 1. The third-order valence-electron chi connectivity index (χ3n) is 3.25. The van der Waals surface area contributed by atoms with Gasteiger partial charge in [0, 0.05) is 6.42 Å². The largest absolute Gasteiger partial charge is 0.293 e. The molecule has 18 heavy (non-hydrogen) atoms. The number of rotatable bonds is 2. The fourth-order valence-corrected chi connectivity index (χ4v) is 3.92. The summed E-state index contributed by atoms with van der Waals surface area (Å²) in [6, 6.07) is 10.3. The molecule has 1 unspecified atom stereocenters. The van der Waals surface area contributed by atoms with Gasteiger partial charge in [-0.05, 0) is 24.2 Å². The van der Waals surface area contributed by atoms with E-state index in [1.165, 1.54) is 5.56 Å². The predicted molar refractivity (Wildman–Crippen MR) is 75.7 cm³/mol. The van der Waals surface area contributed by atoms with Gasteiger partial charge in [-0.25, -0.2) is 4.98 Å². The lowest BCUT2D eigenvalue weighted by atomic mass is 9.85. The van der Waals surface area contributed by atoms with Gasteiger partial charge in [-0.15, -0.1) is 11.3 Å². The van der Waals surface area contributed by atoms with Crippen molar-refractivity contribution in [2.24, 2.45) is 0 Å². The molecule has 1 aliphatic rings. The van der Waals surface area contributed by atoms with Crippen molar-refractivity contribution in [3.8, 4) is 0 Å². The van der Waals surface area contributed by atoms with Crippen LogP contribution in [0.4, 0.5) is 0 Å². The first-order chi connectivity index (χ1) is 8.78. The summed E-state index contributed by atoms with van der Waals surface area (Å²) in [5.74, 6) is 0.547. The number of carbonyl (C=O) groups excluding carboxylic acids is 1. The summed E-state index contributed by atoms with van der Waals surface area (Å²) in [6.45, 7) is 0. The maximum atomic E-state index is 12.2. The zero-order valence-electron chi connectivity index (χ0n) is 10.1. The lowest BCUT2D eigenvalue weighted by molar-refractivity contribution is 0.0968. The molecule has 0 saturated heterocycles. The van der Waals surface area contributed by atoms with Crippen molar-refractivity contribution in [2.75, 3.05) is 6.26 Å². The van der Waals surface area contributed by atoms with Gasteiger partial charge in [0.05, 0.1) is 10.6 Å². The van der Waals surface area contributed by atoms with Gasteiger partial charge in [-0.2, -0.15) is 0 Å². The summed E-state index contributed by atoms with van der Waals surface area (Å²) >= 11 is 3.16. The van der Waals surface area contributed by atoms with Crippen LogP contribution in [0, 0.1) is 0 Å². The summed E-state index contributed by atoms with van der Waals surface area (Å²) in [7, 11) is 0. The second-order valence-corrected chi connectivity index (χ2v) is 6.45. The van der Waals surface area contributed by atoms with Crippen LogP contribution in [0.1, 0.15) is 33.3 Å². The second-order valence-electron chi connectivity index (χ2n) is 4.40. The maximum Gasteiger partial charge on any atom is 0.175 e. The highest BCUT2D eigenvalue weighted by Crippen LogP contribution is 2.37. The Morgan fingerprint density at radius 3 is 2.78 bits per heavy atom. The van der Waals surface area contributed by atoms with Crippen LogP contribution in [0.3, 0.4) is 0 Å². The monoisotopic (exact) mass is 275 g/mol. The van der Waals surface area contributed by atoms with Crippen LogP contribution in [-0.2, 0) is 6.42 Å². The molecule has 0 amide bonds. The van der Waals surface area contributed by atoms with E-state index in [1.54, 1.807) is 23.1 Å². The minimum atomic E-state index is 0.253. The molecule has 1 aliphatic carbocycles. The Labute approximate surface area is 114 Å². The van der Waals surface area contributed by atoms with E-state index in [2.05, 4.69) is 17.1 Å². The summed E-state index contributed by atoms with van der Waals surface area (Å²) in [6.07, 6.45) is 3.51. The molecule has 1 atom stereocenters. The molecule has 4 heteroatoms. The first kappa shape index (κ1) is 11.9. The molecule has 0 fully saturated rings. The molecule has 92 valence electrons. The molecule has 0 radical (unpaired) electrons. The fourth-order valence-electron chi connectivity index (χ4n) is 2.36. The Hall–Kier alpha value is -1.13. The highest BCUT2D eigenvalue weighted by molar-refractivity contribution is 8.00. The Balaban J connectivity index is 1.94. The third-order valence-corrected chi connectivity index (χ3v) is 5.37. The van der Waals surface area contributed by atoms with E-state index in [4.69, 9.17) is 0 Å². The second kappa shape index (κ2) is 4.86. The highest BCUT2D eigenvalue weighted by atomic mass is 32.2. The van der Waals surface area contributed by atoms with Gasteiger partial charge in [0.2, 0.25) is 0 Å². The molecule has 1 aromatic heterocycles. The molecule has 0 saturated carbocycles. The number of hydrogen-bond acceptors (Lipinski definition) is 4. The van der Waals surface area contributed by atoms with Crippen molar-refractivity contribution < 1.29 is 4.79 Å². The van der Waals surface area contributed by atoms with Crippen molar-refractivity contribution in [1.82, 2.24) is 4.98 Å². The van der Waals surface area contributed by atoms with E-state index in [9.17, 15) is 4.79 Å². The minimum Gasteiger partial charge on any atom is -0.293 e. The Morgan fingerprint density at radius 1 is 1.28 bits per heavy atom. The number of thioether (sulfide) groups is 1. The SMILES string of the molecule is CSc1nc2c(s1)C(=O)CC(c1ccccc1)C2. The predicted octanol–water partition coefficient (Wildman–Crippen LogP) is 3.78. The molecular weight excluding hydrogens is 262 g/mol. The minimum absolute atomic E-state index is 0.253. The van der Waals surface area contributed by atoms with E-state index >= 15 is 0 Å². The van der Waals surface area contributed by atoms with Crippen molar-refractivity contribution in [2.45, 2.75) is 23.1 Å². The van der Waals surface area contributed by atoms with Gasteiger partial charge in [0.15, 0.2) is 10.1 Å². The van der Waals surface area contributed by atoms with Crippen molar-refractivity contribution in [3.05, 3.63) is 46.5 Å². The molecule has 0 bridgehead atoms. The maximum absolute atomic E-state index is 12.2. The van der Waals surface area contributed by atoms with Crippen LogP contribution in [0.25, 0.3) is 0 Å². The standard InChI is InChI=1S/C14H13NOS2/c1-17-14-15-11-7-10(8-12(16)13(11)18-14)9-5-3-2-4-6-9/h2-6,10H,7-8H2,1H3. The van der Waals surface area contributed by atoms with Crippen LogP contribution < -0.4 is 0 Å². The highest BCUT2D eigenvalue weighted by Gasteiger charge is 2.29. The molecule has 1 heterocycles. The summed E-state index contributed by atoms with van der Waals surface area (Å²) < 4.78 is 1.00. The summed E-state index contributed by atoms with van der Waals surface area (Å²) in [4.78, 5) is 17.6. The fraction of sp³-hybridized carbons (Fsp3) is 0.286. The molecule has 1 aromatic carbocycles. The van der Waals surface area contributed by atoms with Crippen molar-refractivity contribution in [1.29, 1.82) is 0 Å². The number of carbonyl (C=O) groups is 1. The van der Waals surface area contributed by atoms with E-state index < -0.39 is 0 Å². The van der Waals surface area contributed by atoms with Crippen LogP contribution >= 0.6 is 23.1 Å². The normalized spacial score (nSPS) is 18.7. The summed E-state index contributed by atoms with van der Waals surface area (Å²) in [5, 5.41) is 0. The topological polar surface area (TPSA) is 30.0 Å². The van der Waals surface area contributed by atoms with E-state index in [0.29, 0.717) is 12.3 Å². The smallest absolute Gasteiger partial charge is 0.175 e. The number of Topliss-reactive ketones (excluding diaryl/α,β-unsaturated/α-hetero) is 1. The van der Waals surface area contributed by atoms with E-state index in [0.717, 1.165) is 21.3 Å². The lowest BCUT2D eigenvalue weighted by Gasteiger charge is -2.20. The van der Waals surface area contributed by atoms with Gasteiger partial charge in [-0.1, -0.05) is 42.1 Å². The van der Waals surface area contributed by atoms with E-state index in [-0.39, 0.29) is 5.78 Å². The lowest BCUT2D eigenvalue weighted by Crippen LogP contribution is -2.17. The number of benzene rings is 1.